The van der Waals surface area contributed by atoms with Crippen molar-refractivity contribution < 1.29 is 18.7 Å². The first kappa shape index (κ1) is 16.7. The fraction of sp³-hybridized carbons (Fsp3) is 0.562. The first-order valence-corrected chi connectivity index (χ1v) is 7.73. The largest absolute Gasteiger partial charge is 0.396 e. The van der Waals surface area contributed by atoms with E-state index in [9.17, 15) is 18.7 Å². The number of rotatable bonds is 5. The highest BCUT2D eigenvalue weighted by molar-refractivity contribution is 5.89. The molecule has 22 heavy (non-hydrogen) atoms. The second-order valence-corrected chi connectivity index (χ2v) is 5.74. The van der Waals surface area contributed by atoms with Gasteiger partial charge in [-0.05, 0) is 37.3 Å². The van der Waals surface area contributed by atoms with Gasteiger partial charge in [0.25, 0.3) is 0 Å². The monoisotopic (exact) mass is 312 g/mol. The predicted molar refractivity (Wildman–Crippen MR) is 80.6 cm³/mol. The summed E-state index contributed by atoms with van der Waals surface area (Å²) in [6.07, 6.45) is 5.98. The number of amides is 2. The van der Waals surface area contributed by atoms with E-state index >= 15 is 0 Å². The molecule has 1 fully saturated rings. The molecule has 1 saturated carbocycles. The average Bonchev–Trinajstić information content (AvgIpc) is 2.50. The number of urea groups is 1. The summed E-state index contributed by atoms with van der Waals surface area (Å²) in [4.78, 5) is 12.0. The zero-order chi connectivity index (χ0) is 15.9. The van der Waals surface area contributed by atoms with Crippen molar-refractivity contribution >= 4 is 11.7 Å². The molecule has 3 N–H and O–H groups in total. The highest BCUT2D eigenvalue weighted by atomic mass is 19.1. The smallest absolute Gasteiger partial charge is 0.319 e. The Balaban J connectivity index is 1.95. The van der Waals surface area contributed by atoms with E-state index in [2.05, 4.69) is 10.6 Å². The van der Waals surface area contributed by atoms with E-state index < -0.39 is 17.7 Å². The molecule has 1 aliphatic rings. The minimum atomic E-state index is -0.813. The number of anilines is 1. The van der Waals surface area contributed by atoms with Gasteiger partial charge in [-0.1, -0.05) is 19.3 Å². The Morgan fingerprint density at radius 2 is 2.00 bits per heavy atom. The van der Waals surface area contributed by atoms with Crippen LogP contribution < -0.4 is 10.6 Å². The van der Waals surface area contributed by atoms with Gasteiger partial charge in [-0.15, -0.1) is 0 Å². The van der Waals surface area contributed by atoms with E-state index in [0.717, 1.165) is 37.8 Å². The van der Waals surface area contributed by atoms with Crippen molar-refractivity contribution in [1.82, 2.24) is 5.32 Å². The van der Waals surface area contributed by atoms with Crippen molar-refractivity contribution in [1.29, 1.82) is 0 Å². The summed E-state index contributed by atoms with van der Waals surface area (Å²) in [7, 11) is 0. The van der Waals surface area contributed by atoms with Crippen LogP contribution in [0.4, 0.5) is 19.3 Å². The number of carbonyl (C=O) groups excluding carboxylic acids is 1. The van der Waals surface area contributed by atoms with Crippen molar-refractivity contribution in [3.63, 3.8) is 0 Å². The van der Waals surface area contributed by atoms with Gasteiger partial charge in [0.1, 0.15) is 11.6 Å². The molecule has 0 spiro atoms. The number of hydrogen-bond acceptors (Lipinski definition) is 2. The van der Waals surface area contributed by atoms with Gasteiger partial charge >= 0.3 is 6.03 Å². The highest BCUT2D eigenvalue weighted by Crippen LogP contribution is 2.27. The lowest BCUT2D eigenvalue weighted by Crippen LogP contribution is -2.43. The topological polar surface area (TPSA) is 61.4 Å². The first-order valence-electron chi connectivity index (χ1n) is 7.73. The molecule has 4 nitrogen and oxygen atoms in total. The van der Waals surface area contributed by atoms with Gasteiger partial charge in [-0.3, -0.25) is 0 Å². The zero-order valence-electron chi connectivity index (χ0n) is 12.4. The van der Waals surface area contributed by atoms with E-state index in [-0.39, 0.29) is 18.3 Å². The molecule has 0 radical (unpaired) electrons. The van der Waals surface area contributed by atoms with Crippen LogP contribution in [-0.4, -0.2) is 23.8 Å². The SMILES string of the molecule is O=C(Nc1ccc(F)cc1F)NC(CCO)C1CCCCC1. The Morgan fingerprint density at radius 3 is 2.64 bits per heavy atom. The standard InChI is InChI=1S/C16H22F2N2O2/c17-12-6-7-15(13(18)10-12)20-16(22)19-14(8-9-21)11-4-2-1-3-5-11/h6-7,10-11,14,21H,1-5,8-9H2,(H2,19,20,22). The van der Waals surface area contributed by atoms with E-state index in [0.29, 0.717) is 12.3 Å². The molecule has 1 aromatic carbocycles. The third kappa shape index (κ3) is 4.66. The van der Waals surface area contributed by atoms with Crippen molar-refractivity contribution in [3.05, 3.63) is 29.8 Å². The Hall–Kier alpha value is -1.69. The minimum Gasteiger partial charge on any atom is -0.396 e. The van der Waals surface area contributed by atoms with Gasteiger partial charge in [0, 0.05) is 18.7 Å². The number of carbonyl (C=O) groups is 1. The molecule has 0 aliphatic heterocycles. The fourth-order valence-corrected chi connectivity index (χ4v) is 3.02. The van der Waals surface area contributed by atoms with Crippen LogP contribution in [0.1, 0.15) is 38.5 Å². The number of hydrogen-bond donors (Lipinski definition) is 3. The molecule has 0 saturated heterocycles. The Kier molecular flexibility index (Phi) is 6.12. The van der Waals surface area contributed by atoms with Crippen LogP contribution in [0.25, 0.3) is 0 Å². The summed E-state index contributed by atoms with van der Waals surface area (Å²) in [5.41, 5.74) is -0.0645. The van der Waals surface area contributed by atoms with E-state index in [1.807, 2.05) is 0 Å². The molecule has 1 aliphatic carbocycles. The Bertz CT molecular complexity index is 505. The number of aliphatic hydroxyl groups is 1. The molecule has 0 bridgehead atoms. The maximum atomic E-state index is 13.5. The maximum absolute atomic E-state index is 13.5. The Labute approximate surface area is 128 Å². The summed E-state index contributed by atoms with van der Waals surface area (Å²) in [6.45, 7) is -0.00758. The normalized spacial score (nSPS) is 17.0. The molecule has 0 aromatic heterocycles. The third-order valence-corrected chi connectivity index (χ3v) is 4.15. The van der Waals surface area contributed by atoms with Gasteiger partial charge in [-0.2, -0.15) is 0 Å². The molecular formula is C16H22F2N2O2. The van der Waals surface area contributed by atoms with Crippen molar-refractivity contribution in [3.8, 4) is 0 Å². The van der Waals surface area contributed by atoms with Crippen molar-refractivity contribution in [2.75, 3.05) is 11.9 Å². The molecule has 1 atom stereocenters. The maximum Gasteiger partial charge on any atom is 0.319 e. The molecule has 122 valence electrons. The van der Waals surface area contributed by atoms with Crippen molar-refractivity contribution in [2.24, 2.45) is 5.92 Å². The summed E-state index contributed by atoms with van der Waals surface area (Å²) in [5.74, 6) is -1.17. The van der Waals surface area contributed by atoms with Crippen LogP contribution >= 0.6 is 0 Å². The summed E-state index contributed by atoms with van der Waals surface area (Å²) < 4.78 is 26.4. The number of nitrogens with one attached hydrogen (secondary N) is 2. The second kappa shape index (κ2) is 8.08. The van der Waals surface area contributed by atoms with E-state index in [1.165, 1.54) is 12.5 Å². The van der Waals surface area contributed by atoms with Crippen LogP contribution in [-0.2, 0) is 0 Å². The molecular weight excluding hydrogens is 290 g/mol. The molecule has 1 unspecified atom stereocenters. The van der Waals surface area contributed by atoms with Crippen LogP contribution in [0.15, 0.2) is 18.2 Å². The zero-order valence-corrected chi connectivity index (χ0v) is 12.4. The predicted octanol–water partition coefficient (Wildman–Crippen LogP) is 3.42. The molecule has 6 heteroatoms. The van der Waals surface area contributed by atoms with Gasteiger partial charge in [0.15, 0.2) is 0 Å². The van der Waals surface area contributed by atoms with Gasteiger partial charge in [0.05, 0.1) is 5.69 Å². The highest BCUT2D eigenvalue weighted by Gasteiger charge is 2.24. The summed E-state index contributed by atoms with van der Waals surface area (Å²) in [5, 5.41) is 14.4. The quantitative estimate of drug-likeness (QED) is 0.780. The molecule has 2 amide bonds. The van der Waals surface area contributed by atoms with Crippen LogP contribution in [0.3, 0.4) is 0 Å². The molecule has 1 aromatic rings. The average molecular weight is 312 g/mol. The molecule has 2 rings (SSSR count). The molecule has 0 heterocycles. The van der Waals surface area contributed by atoms with Gasteiger partial charge in [0.2, 0.25) is 0 Å². The number of halogens is 2. The van der Waals surface area contributed by atoms with Crippen LogP contribution in [0, 0.1) is 17.6 Å². The van der Waals surface area contributed by atoms with Crippen LogP contribution in [0.2, 0.25) is 0 Å². The Morgan fingerprint density at radius 1 is 1.27 bits per heavy atom. The van der Waals surface area contributed by atoms with E-state index in [1.54, 1.807) is 0 Å². The number of benzene rings is 1. The lowest BCUT2D eigenvalue weighted by Gasteiger charge is -2.30. The lowest BCUT2D eigenvalue weighted by atomic mass is 9.83. The van der Waals surface area contributed by atoms with E-state index in [4.69, 9.17) is 0 Å². The second-order valence-electron chi connectivity index (χ2n) is 5.74. The first-order chi connectivity index (χ1) is 10.6. The summed E-state index contributed by atoms with van der Waals surface area (Å²) in [6, 6.07) is 2.34. The number of aliphatic hydroxyl groups excluding tert-OH is 1. The van der Waals surface area contributed by atoms with Crippen LogP contribution in [0.5, 0.6) is 0 Å². The minimum absolute atomic E-state index is 0.00758. The lowest BCUT2D eigenvalue weighted by molar-refractivity contribution is 0.202. The third-order valence-electron chi connectivity index (χ3n) is 4.15. The summed E-state index contributed by atoms with van der Waals surface area (Å²) >= 11 is 0. The van der Waals surface area contributed by atoms with Gasteiger partial charge < -0.3 is 15.7 Å². The van der Waals surface area contributed by atoms with Gasteiger partial charge in [-0.25, -0.2) is 13.6 Å². The van der Waals surface area contributed by atoms with Crippen molar-refractivity contribution in [2.45, 2.75) is 44.6 Å². The fourth-order valence-electron chi connectivity index (χ4n) is 3.02.